The van der Waals surface area contributed by atoms with E-state index in [-0.39, 0.29) is 11.3 Å². The van der Waals surface area contributed by atoms with Crippen LogP contribution in [0.3, 0.4) is 0 Å². The van der Waals surface area contributed by atoms with Gasteiger partial charge in [-0.25, -0.2) is 4.79 Å². The Labute approximate surface area is 109 Å². The number of nitrogens with zero attached hydrogens (tertiary/aromatic N) is 2. The first-order valence-corrected chi connectivity index (χ1v) is 5.76. The van der Waals surface area contributed by atoms with Crippen LogP contribution in [0.15, 0.2) is 12.1 Å². The summed E-state index contributed by atoms with van der Waals surface area (Å²) in [6.07, 6.45) is 0. The van der Waals surface area contributed by atoms with Gasteiger partial charge in [-0.2, -0.15) is 5.10 Å². The Morgan fingerprint density at radius 2 is 2.05 bits per heavy atom. The summed E-state index contributed by atoms with van der Waals surface area (Å²) in [4.78, 5) is 21.8. The molecule has 0 spiro atoms. The molecule has 0 amide bonds. The van der Waals surface area contributed by atoms with Gasteiger partial charge in [0.05, 0.1) is 17.6 Å². The molecule has 0 unspecified atom stereocenters. The minimum absolute atomic E-state index is 0.109. The maximum absolute atomic E-state index is 11.4. The minimum Gasteiger partial charge on any atom is -0.465 e. The normalized spacial score (nSPS) is 9.68. The van der Waals surface area contributed by atoms with E-state index in [4.69, 9.17) is 0 Å². The number of aryl methyl sites for hydroxylation is 1. The van der Waals surface area contributed by atoms with E-state index in [0.29, 0.717) is 16.6 Å². The van der Waals surface area contributed by atoms with E-state index < -0.39 is 10.9 Å². The van der Waals surface area contributed by atoms with Crippen molar-refractivity contribution in [2.24, 2.45) is 0 Å². The molecule has 7 heteroatoms. The number of carbonyl (C=O) groups excluding carboxylic acids is 1. The number of hydrogen-bond acceptors (Lipinski definition) is 5. The lowest BCUT2D eigenvalue weighted by Gasteiger charge is -2.00. The number of esters is 1. The Morgan fingerprint density at radius 3 is 2.58 bits per heavy atom. The molecule has 2 rings (SSSR count). The molecule has 102 valence electrons. The van der Waals surface area contributed by atoms with Crippen molar-refractivity contribution < 1.29 is 14.5 Å². The Hall–Kier alpha value is -2.44. The van der Waals surface area contributed by atoms with Crippen molar-refractivity contribution in [1.29, 1.82) is 0 Å². The number of benzene rings is 1. The molecule has 0 bridgehead atoms. The van der Waals surface area contributed by atoms with E-state index in [1.54, 1.807) is 6.92 Å². The van der Waals surface area contributed by atoms with Gasteiger partial charge in [0.25, 0.3) is 5.69 Å². The molecule has 7 nitrogen and oxygen atoms in total. The molecule has 0 aliphatic rings. The highest BCUT2D eigenvalue weighted by molar-refractivity contribution is 5.99. The molecule has 19 heavy (non-hydrogen) atoms. The van der Waals surface area contributed by atoms with Crippen LogP contribution in [0.5, 0.6) is 0 Å². The highest BCUT2D eigenvalue weighted by atomic mass is 16.6. The third-order valence-corrected chi connectivity index (χ3v) is 2.43. The van der Waals surface area contributed by atoms with Crippen LogP contribution in [0.1, 0.15) is 29.9 Å². The second-order valence-electron chi connectivity index (χ2n) is 3.49. The number of aromatic nitrogens is 2. The number of carbonyl (C=O) groups is 1. The number of hydrogen-bond donors (Lipinski definition) is 1. The molecular formula is C12H15N3O4. The Morgan fingerprint density at radius 1 is 1.42 bits per heavy atom. The van der Waals surface area contributed by atoms with Gasteiger partial charge in [0.1, 0.15) is 10.9 Å². The summed E-state index contributed by atoms with van der Waals surface area (Å²) in [6, 6.07) is 2.65. The molecule has 1 aromatic carbocycles. The van der Waals surface area contributed by atoms with E-state index in [1.165, 1.54) is 19.2 Å². The lowest BCUT2D eigenvalue weighted by atomic mass is 10.1. The van der Waals surface area contributed by atoms with Gasteiger partial charge in [0.2, 0.25) is 0 Å². The van der Waals surface area contributed by atoms with Gasteiger partial charge < -0.3 is 4.74 Å². The van der Waals surface area contributed by atoms with Gasteiger partial charge in [-0.1, -0.05) is 13.8 Å². The number of methoxy groups -OCH3 is 1. The first-order valence-electron chi connectivity index (χ1n) is 5.76. The summed E-state index contributed by atoms with van der Waals surface area (Å²) in [7, 11) is 1.22. The van der Waals surface area contributed by atoms with Crippen molar-refractivity contribution in [2.45, 2.75) is 20.8 Å². The first-order chi connectivity index (χ1) is 9.04. The summed E-state index contributed by atoms with van der Waals surface area (Å²) in [6.45, 7) is 5.68. The van der Waals surface area contributed by atoms with Crippen LogP contribution in [-0.2, 0) is 4.74 Å². The monoisotopic (exact) mass is 265 g/mol. The van der Waals surface area contributed by atoms with Gasteiger partial charge >= 0.3 is 5.97 Å². The second kappa shape index (κ2) is 5.94. The van der Waals surface area contributed by atoms with Crippen LogP contribution < -0.4 is 0 Å². The molecular weight excluding hydrogens is 250 g/mol. The molecule has 1 heterocycles. The maximum Gasteiger partial charge on any atom is 0.338 e. The average molecular weight is 265 g/mol. The van der Waals surface area contributed by atoms with Gasteiger partial charge in [-0.05, 0) is 13.0 Å². The molecule has 0 fully saturated rings. The lowest BCUT2D eigenvalue weighted by molar-refractivity contribution is -0.383. The number of nitro benzene ring substituents is 1. The molecule has 0 atom stereocenters. The number of fused-ring (bicyclic) bond motifs is 1. The smallest absolute Gasteiger partial charge is 0.338 e. The van der Waals surface area contributed by atoms with Crippen LogP contribution in [0.25, 0.3) is 10.9 Å². The van der Waals surface area contributed by atoms with Crippen molar-refractivity contribution >= 4 is 22.6 Å². The molecule has 0 saturated carbocycles. The van der Waals surface area contributed by atoms with Crippen molar-refractivity contribution in [3.05, 3.63) is 33.5 Å². The largest absolute Gasteiger partial charge is 0.465 e. The number of rotatable bonds is 2. The number of H-pyrrole nitrogens is 1. The summed E-state index contributed by atoms with van der Waals surface area (Å²) < 4.78 is 4.53. The van der Waals surface area contributed by atoms with Crippen molar-refractivity contribution in [3.63, 3.8) is 0 Å². The Balaban J connectivity index is 0.000000861. The van der Waals surface area contributed by atoms with Crippen LogP contribution in [0.4, 0.5) is 5.69 Å². The minimum atomic E-state index is -0.629. The number of ether oxygens (including phenoxy) is 1. The SMILES string of the molecule is CC.COC(=O)c1cc([N+](=O)[O-])c2c(C)[nH]nc2c1. The van der Waals surface area contributed by atoms with Crippen LogP contribution in [0, 0.1) is 17.0 Å². The number of non-ortho nitro benzene ring substituents is 1. The van der Waals surface area contributed by atoms with Gasteiger partial charge in [-0.15, -0.1) is 0 Å². The fraction of sp³-hybridized carbons (Fsp3) is 0.333. The van der Waals surface area contributed by atoms with Crippen LogP contribution in [0.2, 0.25) is 0 Å². The predicted octanol–water partition coefficient (Wildman–Crippen LogP) is 2.59. The molecule has 1 N–H and O–H groups in total. The predicted molar refractivity (Wildman–Crippen MR) is 70.2 cm³/mol. The van der Waals surface area contributed by atoms with E-state index in [1.807, 2.05) is 13.8 Å². The maximum atomic E-state index is 11.4. The Bertz CT molecular complexity index is 619. The summed E-state index contributed by atoms with van der Waals surface area (Å²) in [5, 5.41) is 17.9. The molecule has 0 radical (unpaired) electrons. The topological polar surface area (TPSA) is 98.1 Å². The van der Waals surface area contributed by atoms with Crippen LogP contribution >= 0.6 is 0 Å². The zero-order valence-electron chi connectivity index (χ0n) is 11.2. The zero-order chi connectivity index (χ0) is 14.6. The first kappa shape index (κ1) is 14.6. The van der Waals surface area contributed by atoms with Crippen LogP contribution in [-0.4, -0.2) is 28.2 Å². The summed E-state index contributed by atoms with van der Waals surface area (Å²) >= 11 is 0. The van der Waals surface area contributed by atoms with E-state index >= 15 is 0 Å². The van der Waals surface area contributed by atoms with Crippen molar-refractivity contribution in [2.75, 3.05) is 7.11 Å². The average Bonchev–Trinajstić information content (AvgIpc) is 2.80. The van der Waals surface area contributed by atoms with Crippen molar-refractivity contribution in [3.8, 4) is 0 Å². The van der Waals surface area contributed by atoms with Gasteiger partial charge in [0.15, 0.2) is 0 Å². The fourth-order valence-corrected chi connectivity index (χ4v) is 1.66. The quantitative estimate of drug-likeness (QED) is 0.511. The van der Waals surface area contributed by atoms with Gasteiger partial charge in [0, 0.05) is 11.8 Å². The second-order valence-corrected chi connectivity index (χ2v) is 3.49. The van der Waals surface area contributed by atoms with E-state index in [0.717, 1.165) is 0 Å². The Kier molecular flexibility index (Phi) is 4.57. The summed E-state index contributed by atoms with van der Waals surface area (Å²) in [5.41, 5.74) is 0.910. The van der Waals surface area contributed by atoms with E-state index in [2.05, 4.69) is 14.9 Å². The molecule has 1 aromatic heterocycles. The number of nitrogens with one attached hydrogen (secondary N) is 1. The number of nitro groups is 1. The fourth-order valence-electron chi connectivity index (χ4n) is 1.66. The van der Waals surface area contributed by atoms with Gasteiger partial charge in [-0.3, -0.25) is 15.2 Å². The zero-order valence-corrected chi connectivity index (χ0v) is 11.2. The molecule has 0 aliphatic carbocycles. The molecule has 2 aromatic rings. The summed E-state index contributed by atoms with van der Waals surface area (Å²) in [5.74, 6) is -0.629. The third kappa shape index (κ3) is 2.70. The molecule has 0 saturated heterocycles. The van der Waals surface area contributed by atoms with E-state index in [9.17, 15) is 14.9 Å². The third-order valence-electron chi connectivity index (χ3n) is 2.43. The highest BCUT2D eigenvalue weighted by Crippen LogP contribution is 2.28. The standard InChI is InChI=1S/C10H9N3O4.C2H6/c1-5-9-7(12-11-5)3-6(10(14)17-2)4-8(9)13(15)16;1-2/h3-4H,1-2H3,(H,11,12);1-2H3. The number of aromatic amines is 1. The lowest BCUT2D eigenvalue weighted by Crippen LogP contribution is -2.02. The van der Waals surface area contributed by atoms with Crippen molar-refractivity contribution in [1.82, 2.24) is 10.2 Å². The highest BCUT2D eigenvalue weighted by Gasteiger charge is 2.20. The molecule has 0 aliphatic heterocycles.